The first kappa shape index (κ1) is 12.7. The number of sulfonamides is 1. The Balaban J connectivity index is 2.23. The Labute approximate surface area is 92.2 Å². The van der Waals surface area contributed by atoms with Crippen molar-refractivity contribution in [1.29, 1.82) is 0 Å². The Morgan fingerprint density at radius 3 is 2.93 bits per heavy atom. The molecule has 2 N–H and O–H groups in total. The van der Waals surface area contributed by atoms with Crippen LogP contribution < -0.4 is 10.0 Å². The average Bonchev–Trinajstić information content (AvgIpc) is 2.19. The molecule has 4 nitrogen and oxygen atoms in total. The van der Waals surface area contributed by atoms with E-state index in [1.807, 2.05) is 6.92 Å². The van der Waals surface area contributed by atoms with Crippen LogP contribution in [0.15, 0.2) is 11.6 Å². The van der Waals surface area contributed by atoms with Gasteiger partial charge in [-0.3, -0.25) is 0 Å². The lowest BCUT2D eigenvalue weighted by Crippen LogP contribution is -2.28. The van der Waals surface area contributed by atoms with Gasteiger partial charge in [-0.1, -0.05) is 18.6 Å². The van der Waals surface area contributed by atoms with Crippen LogP contribution in [-0.4, -0.2) is 33.8 Å². The average molecular weight is 232 g/mol. The standard InChI is InChI=1S/C10H20N2O2S/c1-2-9-15(13,14)12-8-5-10-3-6-11-7-4-10/h3,11-12H,2,4-9H2,1H3. The van der Waals surface area contributed by atoms with Gasteiger partial charge in [0.2, 0.25) is 10.0 Å². The van der Waals surface area contributed by atoms with Crippen LogP contribution in [-0.2, 0) is 10.0 Å². The fourth-order valence-electron chi connectivity index (χ4n) is 1.60. The highest BCUT2D eigenvalue weighted by Crippen LogP contribution is 2.08. The molecule has 0 spiro atoms. The fourth-order valence-corrected chi connectivity index (χ4v) is 2.70. The van der Waals surface area contributed by atoms with Gasteiger partial charge in [-0.25, -0.2) is 13.1 Å². The zero-order chi connectivity index (χ0) is 11.1. The van der Waals surface area contributed by atoms with Crippen LogP contribution >= 0.6 is 0 Å². The van der Waals surface area contributed by atoms with E-state index in [1.165, 1.54) is 5.57 Å². The molecule has 0 aromatic carbocycles. The summed E-state index contributed by atoms with van der Waals surface area (Å²) in [7, 11) is -3.03. The van der Waals surface area contributed by atoms with Crippen LogP contribution in [0.25, 0.3) is 0 Å². The molecule has 0 fully saturated rings. The number of hydrogen-bond donors (Lipinski definition) is 2. The predicted octanol–water partition coefficient (Wildman–Crippen LogP) is 0.626. The van der Waals surface area contributed by atoms with E-state index in [9.17, 15) is 8.42 Å². The first-order valence-electron chi connectivity index (χ1n) is 5.50. The predicted molar refractivity (Wildman–Crippen MR) is 62.3 cm³/mol. The van der Waals surface area contributed by atoms with E-state index in [-0.39, 0.29) is 5.75 Å². The molecule has 1 aliphatic heterocycles. The van der Waals surface area contributed by atoms with Crippen molar-refractivity contribution in [3.63, 3.8) is 0 Å². The summed E-state index contributed by atoms with van der Waals surface area (Å²) in [5.74, 6) is 0.230. The molecule has 0 atom stereocenters. The summed E-state index contributed by atoms with van der Waals surface area (Å²) in [6.07, 6.45) is 4.69. The van der Waals surface area contributed by atoms with Crippen LogP contribution in [0, 0.1) is 0 Å². The molecule has 0 bridgehead atoms. The topological polar surface area (TPSA) is 58.2 Å². The van der Waals surface area contributed by atoms with Gasteiger partial charge in [-0.2, -0.15) is 0 Å². The molecular weight excluding hydrogens is 212 g/mol. The third-order valence-electron chi connectivity index (χ3n) is 2.40. The van der Waals surface area contributed by atoms with E-state index >= 15 is 0 Å². The Morgan fingerprint density at radius 1 is 1.53 bits per heavy atom. The Morgan fingerprint density at radius 2 is 2.33 bits per heavy atom. The smallest absolute Gasteiger partial charge is 0.211 e. The van der Waals surface area contributed by atoms with E-state index in [0.717, 1.165) is 25.9 Å². The normalized spacial score (nSPS) is 17.5. The summed E-state index contributed by atoms with van der Waals surface area (Å²) in [6.45, 7) is 4.33. The molecule has 1 rings (SSSR count). The van der Waals surface area contributed by atoms with Crippen molar-refractivity contribution in [2.45, 2.75) is 26.2 Å². The number of hydrogen-bond acceptors (Lipinski definition) is 3. The molecular formula is C10H20N2O2S. The Hall–Kier alpha value is -0.390. The van der Waals surface area contributed by atoms with Gasteiger partial charge in [0.15, 0.2) is 0 Å². The summed E-state index contributed by atoms with van der Waals surface area (Å²) >= 11 is 0. The summed E-state index contributed by atoms with van der Waals surface area (Å²) < 4.78 is 25.3. The van der Waals surface area contributed by atoms with E-state index in [0.29, 0.717) is 13.0 Å². The zero-order valence-electron chi connectivity index (χ0n) is 9.25. The minimum atomic E-state index is -3.03. The van der Waals surface area contributed by atoms with Crippen molar-refractivity contribution < 1.29 is 8.42 Å². The number of nitrogens with one attached hydrogen (secondary N) is 2. The van der Waals surface area contributed by atoms with Gasteiger partial charge in [0, 0.05) is 13.1 Å². The molecule has 0 amide bonds. The van der Waals surface area contributed by atoms with Crippen LogP contribution in [0.4, 0.5) is 0 Å². The molecule has 88 valence electrons. The third kappa shape index (κ3) is 5.30. The minimum Gasteiger partial charge on any atom is -0.313 e. The number of rotatable bonds is 6. The Kier molecular flexibility index (Phi) is 5.28. The molecule has 0 radical (unpaired) electrons. The second kappa shape index (κ2) is 6.25. The third-order valence-corrected chi connectivity index (χ3v) is 3.99. The first-order chi connectivity index (χ1) is 7.14. The van der Waals surface area contributed by atoms with Crippen molar-refractivity contribution in [2.24, 2.45) is 0 Å². The highest BCUT2D eigenvalue weighted by molar-refractivity contribution is 7.89. The van der Waals surface area contributed by atoms with Gasteiger partial charge in [0.05, 0.1) is 5.75 Å². The van der Waals surface area contributed by atoms with Crippen LogP contribution in [0.5, 0.6) is 0 Å². The van der Waals surface area contributed by atoms with Crippen LogP contribution in [0.2, 0.25) is 0 Å². The molecule has 0 saturated carbocycles. The quantitative estimate of drug-likeness (QED) is 0.660. The SMILES string of the molecule is CCCS(=O)(=O)NCCC1=CCNCC1. The van der Waals surface area contributed by atoms with Gasteiger partial charge in [0.25, 0.3) is 0 Å². The molecule has 5 heteroatoms. The maximum atomic E-state index is 11.3. The largest absolute Gasteiger partial charge is 0.313 e. The molecule has 0 aromatic rings. The fraction of sp³-hybridized carbons (Fsp3) is 0.800. The maximum Gasteiger partial charge on any atom is 0.211 e. The highest BCUT2D eigenvalue weighted by Gasteiger charge is 2.08. The second-order valence-electron chi connectivity index (χ2n) is 3.78. The highest BCUT2D eigenvalue weighted by atomic mass is 32.2. The van der Waals surface area contributed by atoms with Crippen molar-refractivity contribution in [2.75, 3.05) is 25.4 Å². The molecule has 0 unspecified atom stereocenters. The van der Waals surface area contributed by atoms with Crippen LogP contribution in [0.3, 0.4) is 0 Å². The van der Waals surface area contributed by atoms with Gasteiger partial charge < -0.3 is 5.32 Å². The Bertz CT molecular complexity index is 309. The lowest BCUT2D eigenvalue weighted by Gasteiger charge is -2.14. The lowest BCUT2D eigenvalue weighted by molar-refractivity contribution is 0.578. The summed E-state index contributed by atoms with van der Waals surface area (Å²) in [6, 6.07) is 0. The second-order valence-corrected chi connectivity index (χ2v) is 5.71. The van der Waals surface area contributed by atoms with Crippen molar-refractivity contribution in [1.82, 2.24) is 10.0 Å². The van der Waals surface area contributed by atoms with E-state index in [1.54, 1.807) is 0 Å². The van der Waals surface area contributed by atoms with E-state index in [2.05, 4.69) is 16.1 Å². The summed E-state index contributed by atoms with van der Waals surface area (Å²) in [4.78, 5) is 0. The molecule has 0 saturated heterocycles. The maximum absolute atomic E-state index is 11.3. The molecule has 1 aliphatic rings. The van der Waals surface area contributed by atoms with Crippen molar-refractivity contribution in [3.05, 3.63) is 11.6 Å². The van der Waals surface area contributed by atoms with Crippen molar-refractivity contribution in [3.8, 4) is 0 Å². The monoisotopic (exact) mass is 232 g/mol. The van der Waals surface area contributed by atoms with Crippen molar-refractivity contribution >= 4 is 10.0 Å². The van der Waals surface area contributed by atoms with Gasteiger partial charge in [-0.15, -0.1) is 0 Å². The van der Waals surface area contributed by atoms with E-state index < -0.39 is 10.0 Å². The van der Waals surface area contributed by atoms with E-state index in [4.69, 9.17) is 0 Å². The summed E-state index contributed by atoms with van der Waals surface area (Å²) in [5.41, 5.74) is 1.35. The minimum absolute atomic E-state index is 0.230. The van der Waals surface area contributed by atoms with Gasteiger partial charge in [-0.05, 0) is 25.8 Å². The van der Waals surface area contributed by atoms with Gasteiger partial charge in [0.1, 0.15) is 0 Å². The van der Waals surface area contributed by atoms with Gasteiger partial charge >= 0.3 is 0 Å². The van der Waals surface area contributed by atoms with Crippen LogP contribution in [0.1, 0.15) is 26.2 Å². The first-order valence-corrected chi connectivity index (χ1v) is 7.15. The molecule has 0 aliphatic carbocycles. The summed E-state index contributed by atoms with van der Waals surface area (Å²) in [5, 5.41) is 3.23. The molecule has 0 aromatic heterocycles. The molecule has 15 heavy (non-hydrogen) atoms. The molecule has 1 heterocycles. The zero-order valence-corrected chi connectivity index (χ0v) is 10.1. The lowest BCUT2D eigenvalue weighted by atomic mass is 10.1.